The second-order valence-corrected chi connectivity index (χ2v) is 8.44. The van der Waals surface area contributed by atoms with E-state index in [4.69, 9.17) is 10.5 Å². The maximum absolute atomic E-state index is 13.2. The first-order valence-electron chi connectivity index (χ1n) is 10.1. The number of carbonyl (C=O) groups is 1. The molecule has 3 atom stereocenters. The van der Waals surface area contributed by atoms with Crippen molar-refractivity contribution in [2.75, 3.05) is 39.4 Å². The number of fused-ring (bicyclic) bond motifs is 2. The van der Waals surface area contributed by atoms with Gasteiger partial charge in [0.05, 0.1) is 13.2 Å². The van der Waals surface area contributed by atoms with Crippen molar-refractivity contribution in [3.63, 3.8) is 0 Å². The molecule has 2 saturated heterocycles. The molecule has 24 heavy (non-hydrogen) atoms. The van der Waals surface area contributed by atoms with Crippen LogP contribution in [0.5, 0.6) is 0 Å². The molecule has 2 bridgehead atoms. The van der Waals surface area contributed by atoms with Gasteiger partial charge in [-0.25, -0.2) is 0 Å². The average Bonchev–Trinajstić information content (AvgIpc) is 3.03. The van der Waals surface area contributed by atoms with Gasteiger partial charge in [0, 0.05) is 44.2 Å². The van der Waals surface area contributed by atoms with E-state index in [9.17, 15) is 4.79 Å². The molecule has 0 aromatic carbocycles. The smallest absolute Gasteiger partial charge is 0.225 e. The third kappa shape index (κ3) is 3.35. The van der Waals surface area contributed by atoms with E-state index in [0.717, 1.165) is 52.2 Å². The number of amides is 1. The van der Waals surface area contributed by atoms with Crippen LogP contribution >= 0.6 is 0 Å². The van der Waals surface area contributed by atoms with E-state index in [-0.39, 0.29) is 5.92 Å². The molecule has 4 aliphatic rings. The Morgan fingerprint density at radius 1 is 1.00 bits per heavy atom. The lowest BCUT2D eigenvalue weighted by Gasteiger charge is -2.45. The number of morpholine rings is 1. The van der Waals surface area contributed by atoms with E-state index in [0.29, 0.717) is 29.8 Å². The fraction of sp³-hybridized carbons (Fsp3) is 0.947. The predicted molar refractivity (Wildman–Crippen MR) is 93.5 cm³/mol. The van der Waals surface area contributed by atoms with Crippen molar-refractivity contribution in [2.24, 2.45) is 23.5 Å². The molecule has 1 amide bonds. The van der Waals surface area contributed by atoms with Crippen LogP contribution in [0.15, 0.2) is 0 Å². The van der Waals surface area contributed by atoms with Gasteiger partial charge in [-0.1, -0.05) is 6.42 Å². The lowest BCUT2D eigenvalue weighted by molar-refractivity contribution is -0.140. The van der Waals surface area contributed by atoms with E-state index in [1.54, 1.807) is 0 Å². The summed E-state index contributed by atoms with van der Waals surface area (Å²) >= 11 is 0. The van der Waals surface area contributed by atoms with Gasteiger partial charge < -0.3 is 15.4 Å². The van der Waals surface area contributed by atoms with Gasteiger partial charge in [-0.2, -0.15) is 0 Å². The number of rotatable bonds is 3. The highest BCUT2D eigenvalue weighted by molar-refractivity contribution is 5.79. The molecule has 3 unspecified atom stereocenters. The van der Waals surface area contributed by atoms with Gasteiger partial charge in [-0.3, -0.25) is 9.69 Å². The maximum Gasteiger partial charge on any atom is 0.225 e. The van der Waals surface area contributed by atoms with Crippen LogP contribution in [0, 0.1) is 17.8 Å². The van der Waals surface area contributed by atoms with Crippen molar-refractivity contribution in [1.82, 2.24) is 9.80 Å². The van der Waals surface area contributed by atoms with Crippen LogP contribution in [-0.4, -0.2) is 67.2 Å². The Labute approximate surface area is 145 Å². The molecule has 2 aliphatic carbocycles. The number of carbonyl (C=O) groups excluding carboxylic acids is 1. The lowest BCUT2D eigenvalue weighted by Crippen LogP contribution is -2.52. The van der Waals surface area contributed by atoms with Crippen molar-refractivity contribution in [1.29, 1.82) is 0 Å². The summed E-state index contributed by atoms with van der Waals surface area (Å²) < 4.78 is 5.45. The minimum absolute atomic E-state index is 0.241. The lowest BCUT2D eigenvalue weighted by atomic mass is 9.65. The van der Waals surface area contributed by atoms with E-state index >= 15 is 0 Å². The fourth-order valence-electron chi connectivity index (χ4n) is 5.62. The Bertz CT molecular complexity index is 438. The van der Waals surface area contributed by atoms with Gasteiger partial charge in [0.25, 0.3) is 0 Å². The van der Waals surface area contributed by atoms with E-state index < -0.39 is 0 Å². The number of likely N-dealkylation sites (tertiary alicyclic amines) is 1. The van der Waals surface area contributed by atoms with Crippen LogP contribution in [0.4, 0.5) is 0 Å². The number of hydrogen-bond donors (Lipinski definition) is 1. The van der Waals surface area contributed by atoms with Gasteiger partial charge in [-0.15, -0.1) is 0 Å². The van der Waals surface area contributed by atoms with Crippen LogP contribution in [0.3, 0.4) is 0 Å². The van der Waals surface area contributed by atoms with Crippen LogP contribution in [0.1, 0.15) is 44.9 Å². The molecule has 4 rings (SSSR count). The van der Waals surface area contributed by atoms with Crippen LogP contribution in [0.25, 0.3) is 0 Å². The molecule has 5 nitrogen and oxygen atoms in total. The summed E-state index contributed by atoms with van der Waals surface area (Å²) in [4.78, 5) is 17.9. The first-order chi connectivity index (χ1) is 11.7. The first-order valence-corrected chi connectivity index (χ1v) is 10.1. The second-order valence-electron chi connectivity index (χ2n) is 8.44. The summed E-state index contributed by atoms with van der Waals surface area (Å²) in [6, 6.07) is 0.775. The first kappa shape index (κ1) is 16.8. The standard InChI is InChI=1S/C19H33N3O2/c20-18-14-3-1-4-15(18)12-16(11-14)19(23)22-6-2-5-17(22)13-21-7-9-24-10-8-21/h14-18H,1-13,20H2. The zero-order valence-corrected chi connectivity index (χ0v) is 14.9. The summed E-state index contributed by atoms with van der Waals surface area (Å²) in [6.07, 6.45) is 8.20. The molecule has 5 heteroatoms. The molecule has 2 aliphatic heterocycles. The van der Waals surface area contributed by atoms with Crippen molar-refractivity contribution in [2.45, 2.75) is 57.0 Å². The van der Waals surface area contributed by atoms with Gasteiger partial charge >= 0.3 is 0 Å². The van der Waals surface area contributed by atoms with Gasteiger partial charge in [0.1, 0.15) is 0 Å². The maximum atomic E-state index is 13.2. The molecule has 2 heterocycles. The Hall–Kier alpha value is -0.650. The molecular weight excluding hydrogens is 302 g/mol. The monoisotopic (exact) mass is 335 g/mol. The van der Waals surface area contributed by atoms with Gasteiger partial charge in [0.15, 0.2) is 0 Å². The zero-order valence-electron chi connectivity index (χ0n) is 14.9. The summed E-state index contributed by atoms with van der Waals surface area (Å²) in [5.41, 5.74) is 6.41. The molecule has 2 N–H and O–H groups in total. The van der Waals surface area contributed by atoms with Crippen molar-refractivity contribution >= 4 is 5.91 Å². The highest BCUT2D eigenvalue weighted by Gasteiger charge is 2.43. The van der Waals surface area contributed by atoms with Crippen molar-refractivity contribution in [3.8, 4) is 0 Å². The third-order valence-corrected chi connectivity index (χ3v) is 7.00. The SMILES string of the molecule is NC1C2CCCC1CC(C(=O)N1CCCC1CN1CCOCC1)C2. The third-order valence-electron chi connectivity index (χ3n) is 7.00. The number of nitrogens with zero attached hydrogens (tertiary/aromatic N) is 2. The molecule has 0 aromatic rings. The quantitative estimate of drug-likeness (QED) is 0.848. The minimum Gasteiger partial charge on any atom is -0.379 e. The number of hydrogen-bond acceptors (Lipinski definition) is 4. The molecule has 4 fully saturated rings. The molecule has 136 valence electrons. The summed E-state index contributed by atoms with van der Waals surface area (Å²) in [7, 11) is 0. The predicted octanol–water partition coefficient (Wildman–Crippen LogP) is 1.46. The Morgan fingerprint density at radius 3 is 2.42 bits per heavy atom. The van der Waals surface area contributed by atoms with E-state index in [1.165, 1.54) is 32.1 Å². The van der Waals surface area contributed by atoms with Gasteiger partial charge in [0.2, 0.25) is 5.91 Å². The molecule has 2 saturated carbocycles. The van der Waals surface area contributed by atoms with Crippen LogP contribution in [0.2, 0.25) is 0 Å². The van der Waals surface area contributed by atoms with E-state index in [1.807, 2.05) is 0 Å². The normalized spacial score (nSPS) is 40.7. The largest absolute Gasteiger partial charge is 0.379 e. The number of ether oxygens (including phenoxy) is 1. The van der Waals surface area contributed by atoms with Crippen molar-refractivity contribution in [3.05, 3.63) is 0 Å². The highest BCUT2D eigenvalue weighted by atomic mass is 16.5. The average molecular weight is 335 g/mol. The second kappa shape index (κ2) is 7.30. The molecule has 0 spiro atoms. The Kier molecular flexibility index (Phi) is 5.11. The molecular formula is C19H33N3O2. The summed E-state index contributed by atoms with van der Waals surface area (Å²) in [5, 5.41) is 0. The van der Waals surface area contributed by atoms with E-state index in [2.05, 4.69) is 9.80 Å². The zero-order chi connectivity index (χ0) is 16.5. The molecule has 0 radical (unpaired) electrons. The number of nitrogens with two attached hydrogens (primary N) is 1. The Morgan fingerprint density at radius 2 is 1.71 bits per heavy atom. The summed E-state index contributed by atoms with van der Waals surface area (Å²) in [5.74, 6) is 1.86. The Balaban J connectivity index is 1.37. The topological polar surface area (TPSA) is 58.8 Å². The van der Waals surface area contributed by atoms with Crippen LogP contribution in [-0.2, 0) is 9.53 Å². The fourth-order valence-corrected chi connectivity index (χ4v) is 5.62. The summed E-state index contributed by atoms with van der Waals surface area (Å²) in [6.45, 7) is 5.71. The highest BCUT2D eigenvalue weighted by Crippen LogP contribution is 2.43. The minimum atomic E-state index is 0.241. The van der Waals surface area contributed by atoms with Crippen molar-refractivity contribution < 1.29 is 9.53 Å². The van der Waals surface area contributed by atoms with Crippen LogP contribution < -0.4 is 5.73 Å². The molecule has 0 aromatic heterocycles. The van der Waals surface area contributed by atoms with Gasteiger partial charge in [-0.05, 0) is 50.4 Å².